The molecule has 0 aromatic heterocycles. The van der Waals surface area contributed by atoms with Crippen LogP contribution in [0.25, 0.3) is 0 Å². The first-order valence-electron chi connectivity index (χ1n) is 7.95. The average molecular weight is 343 g/mol. The SMILES string of the molecule is CC(=O)Nc1cccc(NC(=O)C2(c3cccc(Cl)c3)CCC2)c1. The topological polar surface area (TPSA) is 58.2 Å². The Kier molecular flexibility index (Phi) is 4.58. The molecule has 0 unspecified atom stereocenters. The maximum absolute atomic E-state index is 12.9. The third-order valence-corrected chi connectivity index (χ3v) is 4.69. The second kappa shape index (κ2) is 6.65. The van der Waals surface area contributed by atoms with Gasteiger partial charge in [-0.3, -0.25) is 9.59 Å². The smallest absolute Gasteiger partial charge is 0.235 e. The normalized spacial score (nSPS) is 15.2. The van der Waals surface area contributed by atoms with Crippen molar-refractivity contribution in [1.82, 2.24) is 0 Å². The minimum atomic E-state index is -0.519. The van der Waals surface area contributed by atoms with Crippen LogP contribution in [-0.2, 0) is 15.0 Å². The number of anilines is 2. The lowest BCUT2D eigenvalue weighted by Crippen LogP contribution is -2.46. The highest BCUT2D eigenvalue weighted by Gasteiger charge is 2.45. The Balaban J connectivity index is 1.82. The number of hydrogen-bond acceptors (Lipinski definition) is 2. The Hall–Kier alpha value is -2.33. The van der Waals surface area contributed by atoms with E-state index in [-0.39, 0.29) is 11.8 Å². The van der Waals surface area contributed by atoms with Crippen molar-refractivity contribution < 1.29 is 9.59 Å². The first-order valence-corrected chi connectivity index (χ1v) is 8.33. The predicted molar refractivity (Wildman–Crippen MR) is 96.4 cm³/mol. The van der Waals surface area contributed by atoms with Gasteiger partial charge in [0.15, 0.2) is 0 Å². The van der Waals surface area contributed by atoms with Gasteiger partial charge < -0.3 is 10.6 Å². The van der Waals surface area contributed by atoms with Crippen LogP contribution >= 0.6 is 11.6 Å². The molecule has 0 atom stereocenters. The van der Waals surface area contributed by atoms with Crippen molar-refractivity contribution in [2.24, 2.45) is 0 Å². The van der Waals surface area contributed by atoms with Gasteiger partial charge in [0.25, 0.3) is 0 Å². The first-order chi connectivity index (χ1) is 11.5. The van der Waals surface area contributed by atoms with E-state index < -0.39 is 5.41 Å². The van der Waals surface area contributed by atoms with Crippen molar-refractivity contribution in [2.75, 3.05) is 10.6 Å². The Morgan fingerprint density at radius 2 is 1.67 bits per heavy atom. The molecule has 24 heavy (non-hydrogen) atoms. The van der Waals surface area contributed by atoms with Gasteiger partial charge in [-0.2, -0.15) is 0 Å². The van der Waals surface area contributed by atoms with Crippen molar-refractivity contribution in [3.8, 4) is 0 Å². The summed E-state index contributed by atoms with van der Waals surface area (Å²) in [5.41, 5.74) is 1.76. The number of benzene rings is 2. The van der Waals surface area contributed by atoms with Gasteiger partial charge in [-0.15, -0.1) is 0 Å². The third kappa shape index (κ3) is 3.29. The number of rotatable bonds is 4. The van der Waals surface area contributed by atoms with E-state index in [9.17, 15) is 9.59 Å². The van der Waals surface area contributed by atoms with Gasteiger partial charge in [0, 0.05) is 23.3 Å². The molecule has 5 heteroatoms. The standard InChI is InChI=1S/C19H19ClN2O2/c1-13(23)21-16-7-3-8-17(12-16)22-18(24)19(9-4-10-19)14-5-2-6-15(20)11-14/h2-3,5-8,11-12H,4,9-10H2,1H3,(H,21,23)(H,22,24). The van der Waals surface area contributed by atoms with E-state index in [0.717, 1.165) is 24.8 Å². The number of amides is 2. The van der Waals surface area contributed by atoms with Crippen LogP contribution in [0.5, 0.6) is 0 Å². The molecule has 0 aliphatic heterocycles. The summed E-state index contributed by atoms with van der Waals surface area (Å²) >= 11 is 6.09. The highest BCUT2D eigenvalue weighted by atomic mass is 35.5. The van der Waals surface area contributed by atoms with Crippen LogP contribution in [-0.4, -0.2) is 11.8 Å². The third-order valence-electron chi connectivity index (χ3n) is 4.46. The Bertz CT molecular complexity index is 784. The van der Waals surface area contributed by atoms with Gasteiger partial charge in [0.2, 0.25) is 11.8 Å². The van der Waals surface area contributed by atoms with Crippen molar-refractivity contribution in [3.05, 3.63) is 59.1 Å². The van der Waals surface area contributed by atoms with Gasteiger partial charge in [-0.05, 0) is 48.7 Å². The minimum absolute atomic E-state index is 0.0315. The molecule has 0 bridgehead atoms. The van der Waals surface area contributed by atoms with Crippen LogP contribution in [0, 0.1) is 0 Å². The number of halogens is 1. The van der Waals surface area contributed by atoms with E-state index in [1.807, 2.05) is 30.3 Å². The second-order valence-corrected chi connectivity index (χ2v) is 6.60. The highest BCUT2D eigenvalue weighted by molar-refractivity contribution is 6.30. The molecule has 2 N–H and O–H groups in total. The molecule has 3 rings (SSSR count). The fourth-order valence-electron chi connectivity index (χ4n) is 3.09. The first kappa shape index (κ1) is 16.5. The number of nitrogens with one attached hydrogen (secondary N) is 2. The van der Waals surface area contributed by atoms with E-state index in [4.69, 9.17) is 11.6 Å². The molecule has 1 fully saturated rings. The molecule has 2 aromatic rings. The number of carbonyl (C=O) groups excluding carboxylic acids is 2. The van der Waals surface area contributed by atoms with Gasteiger partial charge >= 0.3 is 0 Å². The lowest BCUT2D eigenvalue weighted by molar-refractivity contribution is -0.124. The molecular weight excluding hydrogens is 324 g/mol. The second-order valence-electron chi connectivity index (χ2n) is 6.16. The van der Waals surface area contributed by atoms with E-state index in [1.54, 1.807) is 18.2 Å². The number of hydrogen-bond donors (Lipinski definition) is 2. The summed E-state index contributed by atoms with van der Waals surface area (Å²) in [5.74, 6) is -0.177. The predicted octanol–water partition coefficient (Wildman–Crippen LogP) is 4.36. The largest absolute Gasteiger partial charge is 0.326 e. The molecule has 1 aliphatic rings. The maximum atomic E-state index is 12.9. The lowest BCUT2D eigenvalue weighted by atomic mass is 9.64. The Morgan fingerprint density at radius 1 is 1.00 bits per heavy atom. The van der Waals surface area contributed by atoms with Gasteiger partial charge in [0.1, 0.15) is 0 Å². The van der Waals surface area contributed by atoms with E-state index in [2.05, 4.69) is 10.6 Å². The molecule has 0 saturated heterocycles. The summed E-state index contributed by atoms with van der Waals surface area (Å²) in [7, 11) is 0. The van der Waals surface area contributed by atoms with Gasteiger partial charge in [-0.1, -0.05) is 36.2 Å². The number of carbonyl (C=O) groups is 2. The zero-order valence-corrected chi connectivity index (χ0v) is 14.2. The van der Waals surface area contributed by atoms with Gasteiger partial charge in [0.05, 0.1) is 5.41 Å². The van der Waals surface area contributed by atoms with Crippen LogP contribution in [0.3, 0.4) is 0 Å². The average Bonchev–Trinajstić information content (AvgIpc) is 2.45. The fourth-order valence-corrected chi connectivity index (χ4v) is 3.28. The Morgan fingerprint density at radius 3 is 2.25 bits per heavy atom. The molecule has 0 radical (unpaired) electrons. The maximum Gasteiger partial charge on any atom is 0.235 e. The summed E-state index contributed by atoms with van der Waals surface area (Å²) in [4.78, 5) is 24.1. The van der Waals surface area contributed by atoms with Crippen molar-refractivity contribution in [2.45, 2.75) is 31.6 Å². The van der Waals surface area contributed by atoms with Crippen LogP contribution in [0.15, 0.2) is 48.5 Å². The lowest BCUT2D eigenvalue weighted by Gasteiger charge is -2.40. The molecule has 0 spiro atoms. The monoisotopic (exact) mass is 342 g/mol. The van der Waals surface area contributed by atoms with Crippen LogP contribution in [0.4, 0.5) is 11.4 Å². The molecule has 1 aliphatic carbocycles. The summed E-state index contributed by atoms with van der Waals surface area (Å²) in [5, 5.41) is 6.34. The van der Waals surface area contributed by atoms with Crippen LogP contribution in [0.2, 0.25) is 5.02 Å². The summed E-state index contributed by atoms with van der Waals surface area (Å²) in [6, 6.07) is 14.7. The van der Waals surface area contributed by atoms with Crippen LogP contribution < -0.4 is 10.6 Å². The summed E-state index contributed by atoms with van der Waals surface area (Å²) in [6.45, 7) is 1.45. The molecular formula is C19H19ClN2O2. The molecule has 0 heterocycles. The summed E-state index contributed by atoms with van der Waals surface area (Å²) in [6.07, 6.45) is 2.64. The van der Waals surface area contributed by atoms with Crippen LogP contribution in [0.1, 0.15) is 31.7 Å². The quantitative estimate of drug-likeness (QED) is 0.867. The molecule has 4 nitrogen and oxygen atoms in total. The zero-order chi connectivity index (χ0) is 17.2. The fraction of sp³-hybridized carbons (Fsp3) is 0.263. The van der Waals surface area contributed by atoms with E-state index >= 15 is 0 Å². The van der Waals surface area contributed by atoms with E-state index in [0.29, 0.717) is 16.4 Å². The van der Waals surface area contributed by atoms with Crippen molar-refractivity contribution in [3.63, 3.8) is 0 Å². The molecule has 2 amide bonds. The molecule has 1 saturated carbocycles. The van der Waals surface area contributed by atoms with Crippen molar-refractivity contribution in [1.29, 1.82) is 0 Å². The molecule has 2 aromatic carbocycles. The Labute approximate surface area is 146 Å². The molecule has 124 valence electrons. The van der Waals surface area contributed by atoms with E-state index in [1.165, 1.54) is 6.92 Å². The zero-order valence-electron chi connectivity index (χ0n) is 13.4. The summed E-state index contributed by atoms with van der Waals surface area (Å²) < 4.78 is 0. The minimum Gasteiger partial charge on any atom is -0.326 e. The van der Waals surface area contributed by atoms with Gasteiger partial charge in [-0.25, -0.2) is 0 Å². The highest BCUT2D eigenvalue weighted by Crippen LogP contribution is 2.45. The van der Waals surface area contributed by atoms with Crippen molar-refractivity contribution >= 4 is 34.8 Å².